The van der Waals surface area contributed by atoms with E-state index in [1.54, 1.807) is 19.1 Å². The van der Waals surface area contributed by atoms with Crippen molar-refractivity contribution < 1.29 is 116 Å². The molecule has 3 unspecified atom stereocenters. The molecule has 2 fully saturated rings. The standard InChI is InChI=1S/C63H83N11O24S/c1-6-37-33(9-7-8-14-73(5)63(91)95-25-32-10-13-47(40(15-32)61(89)90)98-62-48(97-31(4)77)18-36(27-94-62)96-30(3)76)26-93-35-11-12-38-39-19-42-54(83)65-22-51(82)71-53(37)57(86)66-21-50(81)67-44(28-99(92)59(39)70-41(38)17-35)55(84)69-43(20-49(64)80)60(88)74-23-34(78)16-45(74)56(85)72-52(58(87)68-42)29(2)46(79)24-75/h10-13,15,17,29,33-34,36-37,42-46,48,52-53,62,70,75,78-79H,6-9,14,16,18-28H2,1-5H3,(H2,64,80)(H,65,83)(H,66,86)(H,67,81)(H,68,87)(H,69,84)(H,71,82)(H,72,85)(H,89,90)/t29-,33?,34+,36-,37+,42-,43-,44-,45-,46-,48+,52-,53?,62-,99?/m0/s1. The second-order valence-corrected chi connectivity index (χ2v) is 26.4. The molecule has 2 saturated heterocycles. The van der Waals surface area contributed by atoms with Gasteiger partial charge in [0.05, 0.1) is 57.1 Å². The van der Waals surface area contributed by atoms with Crippen molar-refractivity contribution in [1.29, 1.82) is 0 Å². The van der Waals surface area contributed by atoms with Gasteiger partial charge in [-0.15, -0.1) is 0 Å². The van der Waals surface area contributed by atoms with Crippen LogP contribution in [0.3, 0.4) is 0 Å². The molecule has 10 rings (SSSR count). The second-order valence-electron chi connectivity index (χ2n) is 24.9. The van der Waals surface area contributed by atoms with Crippen LogP contribution >= 0.6 is 0 Å². The van der Waals surface area contributed by atoms with Gasteiger partial charge in [-0.25, -0.2) is 9.59 Å². The molecule has 7 aliphatic rings. The van der Waals surface area contributed by atoms with Crippen LogP contribution in [0.4, 0.5) is 4.79 Å². The van der Waals surface area contributed by atoms with Crippen molar-refractivity contribution in [2.24, 2.45) is 23.5 Å². The SMILES string of the molecule is CC[C@@H]1C(CCCCN(C)C(=O)OCc2ccc(O[C@@H]3OC[C@@H](OC(C)=O)C[C@H]3OC(C)=O)c(C(=O)O)c2)COc2ccc3c4c([nH]c3c2)[S+]([O-])C[C@@H]2NC(=O)CNC(=O)C1NC(=O)CNC(=O)[C@H](C4)NC(=O)[C@H]([C@@H](C)[C@@H](O)CO)NC(=O)[C@@H]1C[C@@H](O)CN1C(=O)[C@H](CC(N)=O)NC2=O. The third-order valence-electron chi connectivity index (χ3n) is 17.7. The number of nitrogens with one attached hydrogen (secondary N) is 8. The van der Waals surface area contributed by atoms with Gasteiger partial charge in [-0.1, -0.05) is 32.8 Å². The number of ether oxygens (including phenoxy) is 6. The van der Waals surface area contributed by atoms with Crippen molar-refractivity contribution in [2.45, 2.75) is 158 Å². The van der Waals surface area contributed by atoms with Gasteiger partial charge in [0, 0.05) is 87.4 Å². The Morgan fingerprint density at radius 1 is 0.848 bits per heavy atom. The number of carbonyl (C=O) groups is 13. The highest BCUT2D eigenvalue weighted by Crippen LogP contribution is 2.34. The number of unbranched alkanes of at least 4 members (excludes halogenated alkanes) is 1. The number of primary amides is 1. The van der Waals surface area contributed by atoms with Gasteiger partial charge < -0.3 is 111 Å². The zero-order chi connectivity index (χ0) is 72.1. The molecule has 0 spiro atoms. The number of fused-ring (bicyclic) bond motifs is 6. The van der Waals surface area contributed by atoms with Crippen LogP contribution < -0.4 is 52.4 Å². The molecule has 7 aliphatic heterocycles. The van der Waals surface area contributed by atoms with Crippen LogP contribution in [0.2, 0.25) is 0 Å². The summed E-state index contributed by atoms with van der Waals surface area (Å²) in [4.78, 5) is 184. The molecule has 99 heavy (non-hydrogen) atoms. The Morgan fingerprint density at radius 2 is 1.57 bits per heavy atom. The minimum absolute atomic E-state index is 0.00853. The van der Waals surface area contributed by atoms with Crippen LogP contribution in [-0.2, 0) is 95.9 Å². The number of aliphatic hydroxyl groups excluding tert-OH is 3. The smallest absolute Gasteiger partial charge is 0.409 e. The average Bonchev–Trinajstić information content (AvgIpc) is 1.65. The molecule has 14 N–H and O–H groups in total. The predicted molar refractivity (Wildman–Crippen MR) is 340 cm³/mol. The summed E-state index contributed by atoms with van der Waals surface area (Å²) in [6.45, 7) is 1.65. The molecule has 2 aromatic carbocycles. The van der Waals surface area contributed by atoms with Crippen LogP contribution in [-0.4, -0.2) is 243 Å². The Balaban J connectivity index is 1.07. The summed E-state index contributed by atoms with van der Waals surface area (Å²) >= 11 is -2.45. The monoisotopic (exact) mass is 1410 g/mol. The fraction of sp³-hybridized carbons (Fsp3) is 0.571. The van der Waals surface area contributed by atoms with Gasteiger partial charge in [0.2, 0.25) is 64.5 Å². The van der Waals surface area contributed by atoms with Crippen LogP contribution in [0.15, 0.2) is 41.4 Å². The maximum Gasteiger partial charge on any atom is 0.409 e. The summed E-state index contributed by atoms with van der Waals surface area (Å²) < 4.78 is 49.3. The first-order chi connectivity index (χ1) is 47.0. The number of nitrogens with two attached hydrogens (primary N) is 1. The van der Waals surface area contributed by atoms with E-state index in [4.69, 9.17) is 34.2 Å². The van der Waals surface area contributed by atoms with Gasteiger partial charge in [0.15, 0.2) is 12.1 Å². The summed E-state index contributed by atoms with van der Waals surface area (Å²) in [6.07, 6.45) is -7.80. The van der Waals surface area contributed by atoms with Crippen LogP contribution in [0.1, 0.15) is 94.1 Å². The zero-order valence-electron chi connectivity index (χ0n) is 54.9. The average molecular weight is 1410 g/mol. The lowest BCUT2D eigenvalue weighted by Crippen LogP contribution is -2.62. The number of esters is 2. The Bertz CT molecular complexity index is 3560. The Labute approximate surface area is 569 Å². The number of carboxylic acids is 1. The minimum Gasteiger partial charge on any atom is -0.610 e. The molecule has 8 heterocycles. The van der Waals surface area contributed by atoms with Crippen LogP contribution in [0.25, 0.3) is 10.9 Å². The van der Waals surface area contributed by atoms with Gasteiger partial charge in [-0.2, -0.15) is 0 Å². The number of aliphatic hydroxyl groups is 3. The Morgan fingerprint density at radius 3 is 2.25 bits per heavy atom. The number of H-pyrrole nitrogens is 1. The second kappa shape index (κ2) is 33.9. The molecular formula is C63H83N11O24S. The molecule has 540 valence electrons. The van der Waals surface area contributed by atoms with E-state index in [-0.39, 0.29) is 89.7 Å². The Hall–Kier alpha value is -9.36. The maximum atomic E-state index is 15.1. The number of aromatic carboxylic acids is 1. The molecule has 1 aromatic heterocycles. The summed E-state index contributed by atoms with van der Waals surface area (Å²) in [6, 6.07) is -1.87. The largest absolute Gasteiger partial charge is 0.610 e. The van der Waals surface area contributed by atoms with E-state index in [9.17, 15) is 82.8 Å². The number of carboxylic acid groups (broad SMARTS) is 1. The van der Waals surface area contributed by atoms with Crippen molar-refractivity contribution in [3.05, 3.63) is 53.1 Å². The molecular weight excluding hydrogens is 1330 g/mol. The van der Waals surface area contributed by atoms with Gasteiger partial charge in [0.1, 0.15) is 65.7 Å². The highest BCUT2D eigenvalue weighted by atomic mass is 32.2. The third kappa shape index (κ3) is 19.5. The van der Waals surface area contributed by atoms with E-state index < -0.39 is 224 Å². The van der Waals surface area contributed by atoms with E-state index >= 15 is 4.55 Å². The molecule has 0 radical (unpaired) electrons. The van der Waals surface area contributed by atoms with Gasteiger partial charge >= 0.3 is 24.0 Å². The molecule has 8 bridgehead atoms. The van der Waals surface area contributed by atoms with Crippen molar-refractivity contribution in [3.8, 4) is 11.5 Å². The highest BCUT2D eigenvalue weighted by Gasteiger charge is 2.46. The summed E-state index contributed by atoms with van der Waals surface area (Å²) in [7, 11) is 1.47. The predicted octanol–water partition coefficient (Wildman–Crippen LogP) is -3.51. The van der Waals surface area contributed by atoms with Crippen LogP contribution in [0, 0.1) is 17.8 Å². The number of aromatic nitrogens is 1. The molecule has 35 nitrogen and oxygen atoms in total. The van der Waals surface area contributed by atoms with Crippen molar-refractivity contribution in [3.63, 3.8) is 0 Å². The Kier molecular flexibility index (Phi) is 25.9. The maximum absolute atomic E-state index is 15.1. The third-order valence-corrected chi connectivity index (χ3v) is 19.1. The number of rotatable bonds is 18. The molecule has 0 saturated carbocycles. The summed E-state index contributed by atoms with van der Waals surface area (Å²) in [5.74, 6) is -16.0. The number of benzene rings is 2. The lowest BCUT2D eigenvalue weighted by atomic mass is 9.80. The number of aromatic amines is 1. The van der Waals surface area contributed by atoms with Crippen molar-refractivity contribution in [2.75, 3.05) is 58.8 Å². The van der Waals surface area contributed by atoms with Gasteiger partial charge in [0.25, 0.3) is 0 Å². The van der Waals surface area contributed by atoms with Gasteiger partial charge in [-0.3, -0.25) is 52.7 Å². The van der Waals surface area contributed by atoms with E-state index in [0.717, 1.165) is 11.8 Å². The number of hydrogen-bond acceptors (Lipinski definition) is 23. The topological polar surface area (TPSA) is 514 Å². The minimum atomic E-state index is -2.45. The fourth-order valence-corrected chi connectivity index (χ4v) is 14.0. The number of nitrogens with zero attached hydrogens (tertiary/aromatic N) is 2. The quantitative estimate of drug-likeness (QED) is 0.0254. The van der Waals surface area contributed by atoms with E-state index in [1.165, 1.54) is 50.1 Å². The molecule has 0 aliphatic carbocycles. The van der Waals surface area contributed by atoms with Crippen LogP contribution in [0.5, 0.6) is 11.5 Å². The number of amides is 10. The highest BCUT2D eigenvalue weighted by molar-refractivity contribution is 7.91. The first-order valence-corrected chi connectivity index (χ1v) is 33.5. The number of carbonyl (C=O) groups excluding carboxylic acids is 12. The lowest BCUT2D eigenvalue weighted by molar-refractivity contribution is -0.220. The van der Waals surface area contributed by atoms with Crippen molar-refractivity contribution in [1.82, 2.24) is 52.0 Å². The van der Waals surface area contributed by atoms with Gasteiger partial charge in [-0.05, 0) is 54.5 Å². The van der Waals surface area contributed by atoms with E-state index in [2.05, 4.69) is 42.2 Å². The normalized spacial score (nSPS) is 27.2. The molecule has 10 amide bonds. The van der Waals surface area contributed by atoms with E-state index in [0.29, 0.717) is 12.8 Å². The molecule has 15 atom stereocenters. The lowest BCUT2D eigenvalue weighted by Gasteiger charge is -2.35. The fourth-order valence-electron chi connectivity index (χ4n) is 12.6. The van der Waals surface area contributed by atoms with Crippen molar-refractivity contribution >= 4 is 99.2 Å². The first-order valence-electron chi connectivity index (χ1n) is 32.2. The molecule has 36 heteroatoms. The first kappa shape index (κ1) is 75.4. The zero-order valence-corrected chi connectivity index (χ0v) is 55.7. The summed E-state index contributed by atoms with van der Waals surface area (Å²) in [5, 5.41) is 59.8. The summed E-state index contributed by atoms with van der Waals surface area (Å²) in [5.41, 5.74) is 5.82. The number of hydrogen-bond donors (Lipinski definition) is 13. The molecule has 3 aromatic rings. The van der Waals surface area contributed by atoms with E-state index in [1.807, 2.05) is 0 Å².